The molecule has 0 radical (unpaired) electrons. The number of benzene rings is 11. The molecule has 766 valence electrons. The molecule has 18 aromatic rings. The second kappa shape index (κ2) is 45.2. The highest BCUT2D eigenvalue weighted by Gasteiger charge is 2.30. The van der Waals surface area contributed by atoms with Crippen LogP contribution in [0.15, 0.2) is 359 Å². The highest BCUT2D eigenvalue weighted by molar-refractivity contribution is 7.93. The Morgan fingerprint density at radius 2 is 0.705 bits per heavy atom. The van der Waals surface area contributed by atoms with Gasteiger partial charge in [-0.2, -0.15) is 20.4 Å². The van der Waals surface area contributed by atoms with E-state index in [-0.39, 0.29) is 47.8 Å². The predicted molar refractivity (Wildman–Crippen MR) is 591 cm³/mol. The van der Waals surface area contributed by atoms with Crippen molar-refractivity contribution in [3.05, 3.63) is 367 Å². The summed E-state index contributed by atoms with van der Waals surface area (Å²) < 4.78 is 116. The van der Waals surface area contributed by atoms with Gasteiger partial charge in [0.25, 0.3) is 30.1 Å². The van der Waals surface area contributed by atoms with Crippen molar-refractivity contribution in [2.45, 2.75) is 131 Å². The minimum Gasteiger partial charge on any atom is -0.361 e. The van der Waals surface area contributed by atoms with Gasteiger partial charge in [-0.1, -0.05) is 198 Å². The molecule has 7 heterocycles. The minimum absolute atomic E-state index is 0.105. The molecule has 0 spiro atoms. The Morgan fingerprint density at radius 3 is 1.09 bits per heavy atom. The fourth-order valence-electron chi connectivity index (χ4n) is 14.5. The Labute approximate surface area is 872 Å². The third kappa shape index (κ3) is 28.0. The van der Waals surface area contributed by atoms with Gasteiger partial charge in [0.1, 0.15) is 29.1 Å². The first kappa shape index (κ1) is 107. The molecule has 0 aliphatic rings. The molecular weight excluding hydrogens is 2010 g/mol. The number of sulfonamides is 3. The van der Waals surface area contributed by atoms with Crippen molar-refractivity contribution in [3.8, 4) is 34.0 Å². The van der Waals surface area contributed by atoms with Crippen LogP contribution in [0.5, 0.6) is 0 Å². The number of halogens is 1. The highest BCUT2D eigenvalue weighted by Crippen LogP contribution is 2.36. The quantitative estimate of drug-likeness (QED) is 0.0253. The number of urea groups is 4. The van der Waals surface area contributed by atoms with E-state index in [4.69, 9.17) is 35.9 Å². The Morgan fingerprint density at radius 1 is 0.356 bits per heavy atom. The fraction of sp³-hybridized carbons (Fsp3) is 0.167. The summed E-state index contributed by atoms with van der Waals surface area (Å²) in [5.41, 5.74) is 10.5. The van der Waals surface area contributed by atoms with Crippen LogP contribution < -0.4 is 56.7 Å². The molecule has 8 amide bonds. The van der Waals surface area contributed by atoms with Crippen molar-refractivity contribution in [3.63, 3.8) is 0 Å². The zero-order valence-corrected chi connectivity index (χ0v) is 88.2. The number of aromatic nitrogens is 11. The maximum Gasteiger partial charge on any atom is 0.326 e. The van der Waals surface area contributed by atoms with Gasteiger partial charge in [0.15, 0.2) is 15.1 Å². The SMILES string of the molecule is CC(C)(C)c1cc(NC(=O)Nc2ccc3[nH]ccc3c2)n(-c2ccc(S(=O)(=O)Nc3ccccc3)cc2)n1.CC(C)(C)c1cc(NC(=O)Nc2ccc3ccccc3n2)n(-c2ccc(S(=O)(=O)Nc3ccccc3)cc2)n1.CC(C)(C)c1cc(NC(=O)Nc2nc(-c3ccccc3)cs2)n(-c2ccc(S(=O)(=O)Nc3ccccc3)cc2)n1.CCOS(=N)(=O)c1ccc(-n2nc(C(C)(C)C)cc2NC(=O)Nc2ccc(Cl)cc2)cc1. The lowest BCUT2D eigenvalue weighted by Gasteiger charge is -2.14. The summed E-state index contributed by atoms with van der Waals surface area (Å²) in [6, 6.07) is 92.2. The summed E-state index contributed by atoms with van der Waals surface area (Å²) in [5.74, 6) is 2.18. The average molecular weight is 2120 g/mol. The summed E-state index contributed by atoms with van der Waals surface area (Å²) in [6.45, 7) is 26.2. The van der Waals surface area contributed by atoms with Crippen LogP contribution >= 0.6 is 22.9 Å². The van der Waals surface area contributed by atoms with Crippen LogP contribution in [0.1, 0.15) is 113 Å². The number of para-hydroxylation sites is 4. The number of hydrogen-bond acceptors (Lipinski definition) is 20. The van der Waals surface area contributed by atoms with Crippen molar-refractivity contribution in [1.82, 2.24) is 54.1 Å². The molecule has 1 unspecified atom stereocenters. The summed E-state index contributed by atoms with van der Waals surface area (Å²) >= 11 is 7.22. The number of anilines is 11. The molecule has 35 nitrogen and oxygen atoms in total. The molecule has 0 bridgehead atoms. The zero-order valence-electron chi connectivity index (χ0n) is 83.3. The molecule has 0 fully saturated rings. The molecule has 13 N–H and O–H groups in total. The monoisotopic (exact) mass is 2120 g/mol. The first-order chi connectivity index (χ1) is 70.7. The summed E-state index contributed by atoms with van der Waals surface area (Å²) in [6.07, 6.45) is 1.84. The largest absolute Gasteiger partial charge is 0.361 e. The molecule has 7 aromatic heterocycles. The van der Waals surface area contributed by atoms with E-state index < -0.39 is 64.2 Å². The van der Waals surface area contributed by atoms with E-state index in [0.29, 0.717) is 90.4 Å². The number of rotatable bonds is 25. The van der Waals surface area contributed by atoms with Crippen LogP contribution in [0.25, 0.3) is 55.8 Å². The van der Waals surface area contributed by atoms with Crippen molar-refractivity contribution in [1.29, 1.82) is 4.78 Å². The predicted octanol–water partition coefficient (Wildman–Crippen LogP) is 24.8. The van der Waals surface area contributed by atoms with Gasteiger partial charge < -0.3 is 15.6 Å². The van der Waals surface area contributed by atoms with E-state index in [2.05, 4.69) is 76.8 Å². The summed E-state index contributed by atoms with van der Waals surface area (Å²) in [5, 5.41) is 46.3. The van der Waals surface area contributed by atoms with E-state index in [1.54, 1.807) is 202 Å². The van der Waals surface area contributed by atoms with Gasteiger partial charge in [-0.25, -0.2) is 82.1 Å². The lowest BCUT2D eigenvalue weighted by molar-refractivity contribution is 0.261. The molecular formula is C108H110ClN23O12S5. The standard InChI is InChI=1S/C29H28N6O3S2.C29H28N6O3S.C28H28N6O3S.C22H26ClN5O3S/c1-29(2,3)25-18-26(31-27(36)32-28-30-24(19-39-28)20-10-6-4-7-11-20)35(33-25)22-14-16-23(17-15-22)40(37,38)34-21-12-8-5-9-13-21;1-29(2,3)25-19-27(32-28(36)31-26-18-13-20-9-7-8-12-24(20)30-26)35(33-25)22-14-16-23(17-15-22)39(37,38)34-21-10-5-4-6-11-21;1-28(2,3)25-18-26(31-27(35)30-21-9-14-24-19(17-21)15-16-29-24)34(32-25)22-10-12-23(13-11-22)38(36,37)33-20-7-5-4-6-8-20;1-5-31-32(24,30)18-12-10-17(11-13-18)28-20(14-19(27-28)22(2,3)4)26-21(29)25-16-8-6-15(23)7-9-16/h4-19,34H,1-3H3,(H2,30,31,32,36);4-19,34H,1-3H3,(H2,30,31,32,36);4-18,29,33H,1-3H3,(H2,30,31,35);6-14,24H,5H2,1-4H3,(H2,25,26,29). The van der Waals surface area contributed by atoms with E-state index in [1.807, 2.05) is 210 Å². The number of fused-ring (bicyclic) bond motifs is 2. The number of carbonyl (C=O) groups is 4. The maximum absolute atomic E-state index is 12.9. The van der Waals surface area contributed by atoms with Gasteiger partial charge in [-0.15, -0.1) is 11.3 Å². The first-order valence-corrected chi connectivity index (χ1v) is 54.0. The van der Waals surface area contributed by atoms with Gasteiger partial charge in [-0.3, -0.25) is 50.3 Å². The van der Waals surface area contributed by atoms with Gasteiger partial charge in [0.05, 0.1) is 82.9 Å². The third-order valence-electron chi connectivity index (χ3n) is 22.4. The number of amides is 8. The second-order valence-electron chi connectivity index (χ2n) is 38.0. The molecule has 0 saturated heterocycles. The molecule has 149 heavy (non-hydrogen) atoms. The zero-order chi connectivity index (χ0) is 106. The second-order valence-corrected chi connectivity index (χ2v) is 46.1. The maximum atomic E-state index is 12.9. The van der Waals surface area contributed by atoms with E-state index in [1.165, 1.54) is 47.7 Å². The first-order valence-electron chi connectivity index (χ1n) is 46.8. The number of nitrogens with zero attached hydrogens (tertiary/aromatic N) is 10. The number of H-pyrrole nitrogens is 1. The van der Waals surface area contributed by atoms with Crippen LogP contribution in [0, 0.1) is 4.78 Å². The van der Waals surface area contributed by atoms with Gasteiger partial charge >= 0.3 is 24.1 Å². The van der Waals surface area contributed by atoms with Gasteiger partial charge in [0, 0.05) is 113 Å². The lowest BCUT2D eigenvalue weighted by Crippen LogP contribution is -2.22. The topological polar surface area (TPSA) is 466 Å². The average Bonchev–Trinajstić information content (AvgIpc) is 1.67. The Balaban J connectivity index is 0.000000149. The summed E-state index contributed by atoms with van der Waals surface area (Å²) in [7, 11) is -14.6. The molecule has 0 saturated carbocycles. The Kier molecular flexibility index (Phi) is 32.3. The van der Waals surface area contributed by atoms with Crippen LogP contribution in [-0.2, 0) is 65.9 Å². The van der Waals surface area contributed by atoms with Crippen molar-refractivity contribution in [2.24, 2.45) is 0 Å². The van der Waals surface area contributed by atoms with Crippen molar-refractivity contribution < 1.29 is 52.8 Å². The smallest absolute Gasteiger partial charge is 0.326 e. The van der Waals surface area contributed by atoms with Crippen LogP contribution in [0.4, 0.5) is 81.8 Å². The van der Waals surface area contributed by atoms with Crippen LogP contribution in [0.3, 0.4) is 0 Å². The summed E-state index contributed by atoms with van der Waals surface area (Å²) in [4.78, 5) is 64.1. The molecule has 1 atom stereocenters. The Hall–Kier alpha value is -16.6. The number of hydrogen-bond donors (Lipinski definition) is 13. The van der Waals surface area contributed by atoms with E-state index >= 15 is 0 Å². The van der Waals surface area contributed by atoms with Gasteiger partial charge in [-0.05, 0) is 207 Å². The lowest BCUT2D eigenvalue weighted by atomic mass is 9.92. The number of carbonyl (C=O) groups excluding carboxylic acids is 4. The molecule has 0 aliphatic heterocycles. The minimum atomic E-state index is -3.78. The molecule has 11 aromatic carbocycles. The van der Waals surface area contributed by atoms with Crippen LogP contribution in [-0.4, -0.2) is 114 Å². The third-order valence-corrected chi connectivity index (χ3v) is 29.0. The fourth-order valence-corrected chi connectivity index (χ4v) is 19.5. The number of nitrogens with one attached hydrogen (secondary N) is 13. The molecule has 0 aliphatic carbocycles. The normalized spacial score (nSPS) is 12.1. The molecule has 18 rings (SSSR count). The number of pyridine rings is 1. The van der Waals surface area contributed by atoms with Crippen molar-refractivity contribution >= 4 is 172 Å². The van der Waals surface area contributed by atoms with Crippen molar-refractivity contribution in [2.75, 3.05) is 63.3 Å². The number of thiazole rings is 1. The number of aromatic amines is 1. The van der Waals surface area contributed by atoms with E-state index in [0.717, 1.165) is 55.8 Å². The van der Waals surface area contributed by atoms with E-state index in [9.17, 15) is 48.6 Å². The van der Waals surface area contributed by atoms with Gasteiger partial charge in [0.2, 0.25) is 0 Å². The van der Waals surface area contributed by atoms with Crippen LogP contribution in [0.2, 0.25) is 5.02 Å². The highest BCUT2D eigenvalue weighted by atomic mass is 35.5. The molecule has 41 heteroatoms. The Bertz CT molecular complexity index is 8300.